The lowest BCUT2D eigenvalue weighted by atomic mass is 9.81. The highest BCUT2D eigenvalue weighted by atomic mass is 16.4. The summed E-state index contributed by atoms with van der Waals surface area (Å²) in [6.07, 6.45) is 6.83. The van der Waals surface area contributed by atoms with Gasteiger partial charge in [-0.15, -0.1) is 0 Å². The molecule has 0 aliphatic heterocycles. The van der Waals surface area contributed by atoms with E-state index >= 15 is 0 Å². The minimum absolute atomic E-state index is 0.0311. The summed E-state index contributed by atoms with van der Waals surface area (Å²) < 4.78 is 0. The van der Waals surface area contributed by atoms with E-state index in [4.69, 9.17) is 5.11 Å². The van der Waals surface area contributed by atoms with Crippen molar-refractivity contribution < 1.29 is 14.7 Å². The molecule has 1 aromatic rings. The summed E-state index contributed by atoms with van der Waals surface area (Å²) in [6, 6.07) is 9.71. The lowest BCUT2D eigenvalue weighted by Gasteiger charge is -2.21. The lowest BCUT2D eigenvalue weighted by Crippen LogP contribution is -2.29. The average molecular weight is 228 g/mol. The summed E-state index contributed by atoms with van der Waals surface area (Å²) in [7, 11) is 0. The molecule has 0 saturated heterocycles. The Kier molecular flexibility index (Phi) is 2.91. The fourth-order valence-electron chi connectivity index (χ4n) is 1.81. The van der Waals surface area contributed by atoms with Crippen molar-refractivity contribution in [3.8, 4) is 0 Å². The second-order valence-electron chi connectivity index (χ2n) is 4.01. The largest absolute Gasteiger partial charge is 0.480 e. The van der Waals surface area contributed by atoms with Gasteiger partial charge in [-0.2, -0.15) is 0 Å². The highest BCUT2D eigenvalue weighted by molar-refractivity contribution is 5.97. The number of aldehydes is 1. The number of allylic oxidation sites excluding steroid dienone is 2. The van der Waals surface area contributed by atoms with E-state index in [-0.39, 0.29) is 5.92 Å². The first-order chi connectivity index (χ1) is 8.18. The second kappa shape index (κ2) is 4.37. The van der Waals surface area contributed by atoms with Gasteiger partial charge in [0.05, 0.1) is 0 Å². The van der Waals surface area contributed by atoms with Crippen LogP contribution in [-0.4, -0.2) is 17.4 Å². The Morgan fingerprint density at radius 3 is 2.24 bits per heavy atom. The Morgan fingerprint density at radius 1 is 1.18 bits per heavy atom. The van der Waals surface area contributed by atoms with Crippen molar-refractivity contribution in [2.45, 2.75) is 5.92 Å². The van der Waals surface area contributed by atoms with Crippen LogP contribution >= 0.6 is 0 Å². The van der Waals surface area contributed by atoms with E-state index in [1.54, 1.807) is 12.2 Å². The predicted octanol–water partition coefficient (Wildman–Crippen LogP) is 2.17. The Hall–Kier alpha value is -2.16. The summed E-state index contributed by atoms with van der Waals surface area (Å²) >= 11 is 0. The number of carboxylic acid groups (broad SMARTS) is 1. The Balaban J connectivity index is 2.27. The molecule has 1 N–H and O–H groups in total. The molecule has 0 aromatic heterocycles. The van der Waals surface area contributed by atoms with Crippen LogP contribution in [0, 0.1) is 5.41 Å². The maximum atomic E-state index is 11.0. The fraction of sp³-hybridized carbons (Fsp3) is 0.143. The zero-order valence-corrected chi connectivity index (χ0v) is 9.11. The Morgan fingerprint density at radius 2 is 1.76 bits per heavy atom. The van der Waals surface area contributed by atoms with E-state index in [1.807, 2.05) is 30.3 Å². The van der Waals surface area contributed by atoms with Crippen LogP contribution in [0.4, 0.5) is 0 Å². The summed E-state index contributed by atoms with van der Waals surface area (Å²) in [4.78, 5) is 21.9. The van der Waals surface area contributed by atoms with E-state index in [2.05, 4.69) is 0 Å². The molecule has 0 fully saturated rings. The molecule has 0 amide bonds. The van der Waals surface area contributed by atoms with Crippen molar-refractivity contribution in [2.24, 2.45) is 5.41 Å². The number of carbonyl (C=O) groups excluding carboxylic acids is 1. The van der Waals surface area contributed by atoms with E-state index in [0.29, 0.717) is 6.29 Å². The molecule has 2 rings (SSSR count). The first kappa shape index (κ1) is 11.3. The molecule has 0 heterocycles. The maximum Gasteiger partial charge on any atom is 0.324 e. The van der Waals surface area contributed by atoms with Gasteiger partial charge in [0.25, 0.3) is 0 Å². The third-order valence-electron chi connectivity index (χ3n) is 2.91. The minimum atomic E-state index is -1.49. The highest BCUT2D eigenvalue weighted by Crippen LogP contribution is 2.30. The van der Waals surface area contributed by atoms with Crippen LogP contribution < -0.4 is 0 Å². The van der Waals surface area contributed by atoms with Gasteiger partial charge in [-0.25, -0.2) is 0 Å². The molecule has 1 aliphatic rings. The molecule has 1 aromatic carbocycles. The standard InChI is InChI=1S/C14H12O3/c15-10-14(13(16)17)8-6-12(7-9-14)11-4-2-1-3-5-11/h1-10,12H,(H,16,17). The van der Waals surface area contributed by atoms with Crippen LogP contribution in [0.15, 0.2) is 54.6 Å². The molecule has 0 atom stereocenters. The van der Waals surface area contributed by atoms with Crippen molar-refractivity contribution >= 4 is 12.3 Å². The minimum Gasteiger partial charge on any atom is -0.480 e. The van der Waals surface area contributed by atoms with Gasteiger partial charge < -0.3 is 9.90 Å². The van der Waals surface area contributed by atoms with Gasteiger partial charge in [-0.05, 0) is 5.56 Å². The molecule has 0 radical (unpaired) electrons. The molecule has 17 heavy (non-hydrogen) atoms. The van der Waals surface area contributed by atoms with Gasteiger partial charge in [0.15, 0.2) is 5.41 Å². The number of carboxylic acids is 1. The normalized spacial score (nSPS) is 26.7. The molecule has 0 saturated carbocycles. The molecule has 0 bridgehead atoms. The summed E-state index contributed by atoms with van der Waals surface area (Å²) in [6.45, 7) is 0. The average Bonchev–Trinajstić information content (AvgIpc) is 2.39. The number of hydrogen-bond acceptors (Lipinski definition) is 2. The molecule has 1 aliphatic carbocycles. The smallest absolute Gasteiger partial charge is 0.324 e. The molecular weight excluding hydrogens is 216 g/mol. The van der Waals surface area contributed by atoms with Crippen LogP contribution in [-0.2, 0) is 9.59 Å². The van der Waals surface area contributed by atoms with Crippen molar-refractivity contribution in [2.75, 3.05) is 0 Å². The molecule has 0 unspecified atom stereocenters. The predicted molar refractivity (Wildman–Crippen MR) is 63.6 cm³/mol. The fourth-order valence-corrected chi connectivity index (χ4v) is 1.81. The SMILES string of the molecule is O=CC1(C(=O)O)C=CC(c2ccccc2)C=C1. The van der Waals surface area contributed by atoms with Gasteiger partial charge in [-0.3, -0.25) is 4.79 Å². The number of rotatable bonds is 3. The Labute approximate surface area is 99.1 Å². The molecule has 3 nitrogen and oxygen atoms in total. The topological polar surface area (TPSA) is 54.4 Å². The number of aliphatic carboxylic acids is 1. The second-order valence-corrected chi connectivity index (χ2v) is 4.01. The van der Waals surface area contributed by atoms with E-state index in [0.717, 1.165) is 5.56 Å². The van der Waals surface area contributed by atoms with Crippen molar-refractivity contribution in [1.29, 1.82) is 0 Å². The van der Waals surface area contributed by atoms with Crippen LogP contribution in [0.2, 0.25) is 0 Å². The van der Waals surface area contributed by atoms with Gasteiger partial charge in [0, 0.05) is 5.92 Å². The van der Waals surface area contributed by atoms with E-state index in [9.17, 15) is 9.59 Å². The van der Waals surface area contributed by atoms with Crippen LogP contribution in [0.1, 0.15) is 11.5 Å². The molecule has 3 heteroatoms. The van der Waals surface area contributed by atoms with E-state index < -0.39 is 11.4 Å². The van der Waals surface area contributed by atoms with Crippen molar-refractivity contribution in [1.82, 2.24) is 0 Å². The van der Waals surface area contributed by atoms with E-state index in [1.165, 1.54) is 12.2 Å². The summed E-state index contributed by atoms with van der Waals surface area (Å²) in [5.74, 6) is -1.12. The monoisotopic (exact) mass is 228 g/mol. The van der Waals surface area contributed by atoms with Crippen LogP contribution in [0.3, 0.4) is 0 Å². The molecule has 0 spiro atoms. The number of carbonyl (C=O) groups is 2. The van der Waals surface area contributed by atoms with Gasteiger partial charge >= 0.3 is 5.97 Å². The van der Waals surface area contributed by atoms with Gasteiger partial charge in [0.1, 0.15) is 6.29 Å². The third kappa shape index (κ3) is 2.04. The van der Waals surface area contributed by atoms with Crippen molar-refractivity contribution in [3.05, 3.63) is 60.2 Å². The molecule has 86 valence electrons. The zero-order chi connectivity index (χ0) is 12.3. The van der Waals surface area contributed by atoms with Gasteiger partial charge in [-0.1, -0.05) is 54.6 Å². The Bertz CT molecular complexity index is 471. The van der Waals surface area contributed by atoms with Gasteiger partial charge in [0.2, 0.25) is 0 Å². The maximum absolute atomic E-state index is 11.0. The summed E-state index contributed by atoms with van der Waals surface area (Å²) in [5, 5.41) is 9.01. The third-order valence-corrected chi connectivity index (χ3v) is 2.91. The number of hydrogen-bond donors (Lipinski definition) is 1. The molecular formula is C14H12O3. The quantitative estimate of drug-likeness (QED) is 0.490. The number of benzene rings is 1. The van der Waals surface area contributed by atoms with Crippen LogP contribution in [0.25, 0.3) is 0 Å². The first-order valence-corrected chi connectivity index (χ1v) is 5.31. The first-order valence-electron chi connectivity index (χ1n) is 5.31. The zero-order valence-electron chi connectivity index (χ0n) is 9.11. The highest BCUT2D eigenvalue weighted by Gasteiger charge is 2.35. The van der Waals surface area contributed by atoms with Crippen LogP contribution in [0.5, 0.6) is 0 Å². The summed E-state index contributed by atoms with van der Waals surface area (Å²) in [5.41, 5.74) is -0.421. The lowest BCUT2D eigenvalue weighted by molar-refractivity contribution is -0.145. The van der Waals surface area contributed by atoms with Crippen molar-refractivity contribution in [3.63, 3.8) is 0 Å².